The molecule has 1 saturated heterocycles. The Morgan fingerprint density at radius 3 is 2.89 bits per heavy atom. The second-order valence-electron chi connectivity index (χ2n) is 6.34. The lowest BCUT2D eigenvalue weighted by Gasteiger charge is -2.45. The minimum atomic E-state index is -0.165. The fourth-order valence-corrected chi connectivity index (χ4v) is 3.14. The van der Waals surface area contributed by atoms with Crippen molar-refractivity contribution in [2.75, 3.05) is 31.6 Å². The summed E-state index contributed by atoms with van der Waals surface area (Å²) in [5, 5.41) is 0. The topological polar surface area (TPSA) is 91.4 Å². The highest BCUT2D eigenvalue weighted by Gasteiger charge is 2.34. The number of rotatable bonds is 7. The van der Waals surface area contributed by atoms with Crippen LogP contribution >= 0.6 is 0 Å². The number of nitrogens with zero attached hydrogens (tertiary/aromatic N) is 4. The minimum absolute atomic E-state index is 0.0848. The van der Waals surface area contributed by atoms with Gasteiger partial charge < -0.3 is 19.5 Å². The number of H-pyrrole nitrogens is 1. The molecule has 1 aliphatic heterocycles. The second kappa shape index (κ2) is 8.03. The number of pyridine rings is 1. The lowest BCUT2D eigenvalue weighted by molar-refractivity contribution is -0.130. The molecule has 0 radical (unpaired) electrons. The Kier molecular flexibility index (Phi) is 5.54. The zero-order chi connectivity index (χ0) is 19.4. The molecule has 0 atom stereocenters. The molecule has 0 bridgehead atoms. The van der Waals surface area contributed by atoms with Gasteiger partial charge in [0.15, 0.2) is 0 Å². The monoisotopic (exact) mass is 369 g/mol. The third-order valence-corrected chi connectivity index (χ3v) is 4.59. The summed E-state index contributed by atoms with van der Waals surface area (Å²) in [6.07, 6.45) is 5.26. The first-order valence-electron chi connectivity index (χ1n) is 8.84. The molecule has 0 unspecified atom stereocenters. The molecule has 3 heterocycles. The Balaban J connectivity index is 1.90. The van der Waals surface area contributed by atoms with Gasteiger partial charge in [0, 0.05) is 37.5 Å². The molecule has 8 heteroatoms. The largest absolute Gasteiger partial charge is 0.481 e. The Morgan fingerprint density at radius 1 is 1.44 bits per heavy atom. The van der Waals surface area contributed by atoms with E-state index in [2.05, 4.69) is 33.4 Å². The average Bonchev–Trinajstić information content (AvgIpc) is 2.66. The zero-order valence-corrected chi connectivity index (χ0v) is 15.5. The van der Waals surface area contributed by atoms with E-state index in [-0.39, 0.29) is 17.5 Å². The Hall–Kier alpha value is -3.16. The predicted molar refractivity (Wildman–Crippen MR) is 103 cm³/mol. The number of carbonyl (C=O) groups is 1. The van der Waals surface area contributed by atoms with Gasteiger partial charge in [-0.05, 0) is 18.6 Å². The number of hydrogen-bond donors (Lipinski definition) is 1. The average molecular weight is 369 g/mol. The highest BCUT2D eigenvalue weighted by molar-refractivity contribution is 5.87. The maximum Gasteiger partial charge on any atom is 0.271 e. The third-order valence-electron chi connectivity index (χ3n) is 4.59. The van der Waals surface area contributed by atoms with Crippen molar-refractivity contribution in [3.05, 3.63) is 47.7 Å². The number of amides is 1. The van der Waals surface area contributed by atoms with Gasteiger partial charge in [-0.25, -0.2) is 9.97 Å². The van der Waals surface area contributed by atoms with Crippen LogP contribution in [0.3, 0.4) is 0 Å². The van der Waals surface area contributed by atoms with Crippen LogP contribution in [0.1, 0.15) is 13.3 Å². The van der Waals surface area contributed by atoms with Crippen LogP contribution in [0, 0.1) is 0 Å². The molecule has 142 valence electrons. The van der Waals surface area contributed by atoms with E-state index in [1.54, 1.807) is 24.3 Å². The number of aromatic nitrogens is 3. The molecule has 0 aliphatic carbocycles. The van der Waals surface area contributed by atoms with E-state index >= 15 is 0 Å². The number of carbonyl (C=O) groups excluding carboxylic acids is 1. The SMILES string of the molecule is C=CC(=O)N1CC(N(CCC)c2cc(-c3cc(OC)ncn3)c[nH]c2=O)C1. The van der Waals surface area contributed by atoms with Crippen molar-refractivity contribution in [1.82, 2.24) is 19.9 Å². The quantitative estimate of drug-likeness (QED) is 0.743. The number of methoxy groups -OCH3 is 1. The van der Waals surface area contributed by atoms with Gasteiger partial charge >= 0.3 is 0 Å². The number of nitrogens with one attached hydrogen (secondary N) is 1. The fraction of sp³-hybridized carbons (Fsp3) is 0.368. The summed E-state index contributed by atoms with van der Waals surface area (Å²) in [6, 6.07) is 3.65. The van der Waals surface area contributed by atoms with E-state index in [0.717, 1.165) is 18.5 Å². The van der Waals surface area contributed by atoms with Gasteiger partial charge in [-0.2, -0.15) is 0 Å². The second-order valence-corrected chi connectivity index (χ2v) is 6.34. The summed E-state index contributed by atoms with van der Waals surface area (Å²) in [7, 11) is 1.54. The lowest BCUT2D eigenvalue weighted by atomic mass is 10.0. The van der Waals surface area contributed by atoms with Crippen molar-refractivity contribution in [1.29, 1.82) is 0 Å². The number of anilines is 1. The van der Waals surface area contributed by atoms with Crippen molar-refractivity contribution in [2.45, 2.75) is 19.4 Å². The summed E-state index contributed by atoms with van der Waals surface area (Å²) < 4.78 is 5.15. The van der Waals surface area contributed by atoms with Crippen LogP contribution in [0.25, 0.3) is 11.3 Å². The fourth-order valence-electron chi connectivity index (χ4n) is 3.14. The highest BCUT2D eigenvalue weighted by Crippen LogP contribution is 2.25. The van der Waals surface area contributed by atoms with E-state index in [1.165, 1.54) is 12.4 Å². The minimum Gasteiger partial charge on any atom is -0.481 e. The Bertz CT molecular complexity index is 889. The first-order valence-corrected chi connectivity index (χ1v) is 8.84. The molecule has 3 rings (SSSR count). The molecule has 1 N–H and O–H groups in total. The first-order chi connectivity index (χ1) is 13.1. The molecule has 2 aromatic heterocycles. The molecule has 8 nitrogen and oxygen atoms in total. The third kappa shape index (κ3) is 3.84. The van der Waals surface area contributed by atoms with Crippen LogP contribution in [0.5, 0.6) is 5.88 Å². The molecule has 0 saturated carbocycles. The number of likely N-dealkylation sites (tertiary alicyclic amines) is 1. The summed E-state index contributed by atoms with van der Waals surface area (Å²) in [6.45, 7) is 7.46. The smallest absolute Gasteiger partial charge is 0.271 e. The van der Waals surface area contributed by atoms with E-state index in [9.17, 15) is 9.59 Å². The maximum atomic E-state index is 12.5. The number of ether oxygens (including phenoxy) is 1. The number of aromatic amines is 1. The molecule has 0 spiro atoms. The summed E-state index contributed by atoms with van der Waals surface area (Å²) >= 11 is 0. The highest BCUT2D eigenvalue weighted by atomic mass is 16.5. The lowest BCUT2D eigenvalue weighted by Crippen LogP contribution is -2.61. The molecule has 1 fully saturated rings. The van der Waals surface area contributed by atoms with Crippen LogP contribution in [0.15, 0.2) is 42.1 Å². The zero-order valence-electron chi connectivity index (χ0n) is 15.5. The van der Waals surface area contributed by atoms with Crippen molar-refractivity contribution in [2.24, 2.45) is 0 Å². The summed E-state index contributed by atoms with van der Waals surface area (Å²) in [4.78, 5) is 39.1. The van der Waals surface area contributed by atoms with Gasteiger partial charge in [-0.15, -0.1) is 0 Å². The van der Waals surface area contributed by atoms with Crippen LogP contribution in [-0.4, -0.2) is 58.5 Å². The van der Waals surface area contributed by atoms with Gasteiger partial charge in [0.25, 0.3) is 5.56 Å². The van der Waals surface area contributed by atoms with Crippen LogP contribution in [-0.2, 0) is 4.79 Å². The molecule has 2 aromatic rings. The van der Waals surface area contributed by atoms with Crippen molar-refractivity contribution < 1.29 is 9.53 Å². The van der Waals surface area contributed by atoms with Gasteiger partial charge in [0.1, 0.15) is 12.0 Å². The summed E-state index contributed by atoms with van der Waals surface area (Å²) in [5.74, 6) is 0.370. The molecule has 1 aliphatic rings. The predicted octanol–water partition coefficient (Wildman–Crippen LogP) is 1.45. The van der Waals surface area contributed by atoms with E-state index in [4.69, 9.17) is 4.74 Å². The van der Waals surface area contributed by atoms with Crippen LogP contribution in [0.4, 0.5) is 5.69 Å². The van der Waals surface area contributed by atoms with Crippen molar-refractivity contribution in [3.8, 4) is 17.1 Å². The molecular weight excluding hydrogens is 346 g/mol. The van der Waals surface area contributed by atoms with Gasteiger partial charge in [0.05, 0.1) is 18.8 Å². The van der Waals surface area contributed by atoms with Gasteiger partial charge in [-0.1, -0.05) is 13.5 Å². The number of hydrogen-bond acceptors (Lipinski definition) is 6. The summed E-state index contributed by atoms with van der Waals surface area (Å²) in [5.41, 5.74) is 1.84. The van der Waals surface area contributed by atoms with E-state index < -0.39 is 0 Å². The standard InChI is InChI=1S/C19H23N5O3/c1-4-6-24(14-10-23(11-14)18(25)5-2)16-7-13(9-20-19(16)26)15-8-17(27-3)22-12-21-15/h5,7-9,12,14H,2,4,6,10-11H2,1,3H3,(H,20,26). The molecular formula is C19H23N5O3. The molecule has 1 amide bonds. The van der Waals surface area contributed by atoms with Crippen molar-refractivity contribution in [3.63, 3.8) is 0 Å². The molecule has 0 aromatic carbocycles. The van der Waals surface area contributed by atoms with E-state index in [1.807, 2.05) is 6.07 Å². The van der Waals surface area contributed by atoms with Gasteiger partial charge in [-0.3, -0.25) is 9.59 Å². The van der Waals surface area contributed by atoms with Gasteiger partial charge in [0.2, 0.25) is 11.8 Å². The van der Waals surface area contributed by atoms with Crippen molar-refractivity contribution >= 4 is 11.6 Å². The molecule has 27 heavy (non-hydrogen) atoms. The van der Waals surface area contributed by atoms with Crippen LogP contribution < -0.4 is 15.2 Å². The Morgan fingerprint density at radius 2 is 2.22 bits per heavy atom. The van der Waals surface area contributed by atoms with E-state index in [0.29, 0.717) is 30.4 Å². The maximum absolute atomic E-state index is 12.5. The first kappa shape index (κ1) is 18.6. The normalized spacial score (nSPS) is 13.8. The van der Waals surface area contributed by atoms with Crippen LogP contribution in [0.2, 0.25) is 0 Å². The Labute approximate surface area is 157 Å².